The third-order valence-corrected chi connectivity index (χ3v) is 13.5. The molecule has 4 N–H and O–H groups in total. The lowest BCUT2D eigenvalue weighted by Crippen LogP contribution is -2.58. The molecule has 0 radical (unpaired) electrons. The molecule has 1 aromatic carbocycles. The van der Waals surface area contributed by atoms with Gasteiger partial charge in [0.1, 0.15) is 6.10 Å². The number of amides is 1. The second-order valence-electron chi connectivity index (χ2n) is 15.3. The molecule has 47 heavy (non-hydrogen) atoms. The summed E-state index contributed by atoms with van der Waals surface area (Å²) in [7, 11) is -2.62. The smallest absolute Gasteiger partial charge is 0.331 e. The minimum Gasteiger partial charge on any atom is -0.504 e. The Bertz CT molecular complexity index is 1450. The van der Waals surface area contributed by atoms with Crippen molar-refractivity contribution in [2.45, 2.75) is 97.2 Å². The summed E-state index contributed by atoms with van der Waals surface area (Å²) in [6.07, 6.45) is 11.2. The van der Waals surface area contributed by atoms with Gasteiger partial charge >= 0.3 is 5.97 Å². The predicted octanol–water partition coefficient (Wildman–Crippen LogP) is 5.38. The normalized spacial score (nSPS) is 35.7. The standard InChI is InChI=1S/C36H53NO9S/c1-22(5-11-32(40)37-17-18-47(42,43)44)26-8-9-27-34-28(14-16-36(26,27)3)35(2)15-13-25(20-24(35)21-30(34)39)46-33(41)12-7-23-6-10-29(38)31(19-23)45-4/h6-7,10,12,19,22,24-28,30,34,38-39H,5,8-9,11,13-18,20-21H2,1-4H3,(H,37,40)(H,42,43,44)/b12-7+/t22-,24?,25-,26-,27?,28+,30+,34+,35+,36-/m1/s1. The van der Waals surface area contributed by atoms with Crippen LogP contribution in [-0.4, -0.2) is 66.7 Å². The number of aliphatic hydroxyl groups excluding tert-OH is 1. The second kappa shape index (κ2) is 14.1. The highest BCUT2D eigenvalue weighted by Crippen LogP contribution is 2.68. The van der Waals surface area contributed by atoms with Crippen LogP contribution >= 0.6 is 0 Å². The van der Waals surface area contributed by atoms with Crippen LogP contribution in [0, 0.1) is 46.3 Å². The fourth-order valence-corrected chi connectivity index (χ4v) is 10.8. The third-order valence-electron chi connectivity index (χ3n) is 12.8. The highest BCUT2D eigenvalue weighted by atomic mass is 32.2. The van der Waals surface area contributed by atoms with Crippen LogP contribution < -0.4 is 10.1 Å². The number of methoxy groups -OCH3 is 1. The molecule has 1 amide bonds. The summed E-state index contributed by atoms with van der Waals surface area (Å²) in [5.41, 5.74) is 0.921. The Morgan fingerprint density at radius 3 is 2.53 bits per heavy atom. The van der Waals surface area contributed by atoms with E-state index in [0.717, 1.165) is 63.4 Å². The predicted molar refractivity (Wildman–Crippen MR) is 178 cm³/mol. The Balaban J connectivity index is 1.17. The monoisotopic (exact) mass is 675 g/mol. The average molecular weight is 676 g/mol. The maximum atomic E-state index is 12.8. The summed E-state index contributed by atoms with van der Waals surface area (Å²) in [6.45, 7) is 6.96. The maximum Gasteiger partial charge on any atom is 0.331 e. The number of phenols is 1. The number of phenolic OH excluding ortho intramolecular Hbond substituents is 1. The number of hydrogen-bond acceptors (Lipinski definition) is 8. The highest BCUT2D eigenvalue weighted by molar-refractivity contribution is 7.85. The molecule has 4 saturated carbocycles. The highest BCUT2D eigenvalue weighted by Gasteiger charge is 2.63. The number of nitrogens with one attached hydrogen (secondary N) is 1. The van der Waals surface area contributed by atoms with Crippen LogP contribution in [0.5, 0.6) is 11.5 Å². The van der Waals surface area contributed by atoms with Crippen LogP contribution in [0.1, 0.15) is 90.5 Å². The number of benzene rings is 1. The Hall–Kier alpha value is -2.63. The van der Waals surface area contributed by atoms with Crippen LogP contribution in [0.15, 0.2) is 24.3 Å². The Morgan fingerprint density at radius 2 is 1.81 bits per heavy atom. The summed E-state index contributed by atoms with van der Waals surface area (Å²) < 4.78 is 41.8. The van der Waals surface area contributed by atoms with E-state index in [2.05, 4.69) is 26.1 Å². The first-order valence-electron chi connectivity index (χ1n) is 17.3. The van der Waals surface area contributed by atoms with Gasteiger partial charge in [0.05, 0.1) is 19.0 Å². The first-order chi connectivity index (χ1) is 22.1. The molecule has 0 aromatic heterocycles. The van der Waals surface area contributed by atoms with E-state index in [1.807, 2.05) is 0 Å². The second-order valence-corrected chi connectivity index (χ2v) is 16.8. The molecule has 10 nitrogen and oxygen atoms in total. The van der Waals surface area contributed by atoms with Gasteiger partial charge in [0, 0.05) is 19.0 Å². The molecule has 10 atom stereocenters. The van der Waals surface area contributed by atoms with E-state index in [4.69, 9.17) is 14.0 Å². The number of ether oxygens (including phenoxy) is 2. The molecule has 0 heterocycles. The van der Waals surface area contributed by atoms with Gasteiger partial charge in [0.15, 0.2) is 11.5 Å². The SMILES string of the molecule is COc1cc(/C=C/C(=O)O[C@@H]2CC[C@@]3(C)C(C2)C[C@H](O)[C@H]2C4CC[C@H]([C@H](C)CCC(=O)NCCS(=O)(=O)O)[C@@]4(C)CC[C@@H]23)ccc1O. The number of rotatable bonds is 11. The Morgan fingerprint density at radius 1 is 1.09 bits per heavy atom. The van der Waals surface area contributed by atoms with Crippen molar-refractivity contribution in [2.75, 3.05) is 19.4 Å². The molecule has 0 saturated heterocycles. The summed E-state index contributed by atoms with van der Waals surface area (Å²) in [6, 6.07) is 4.89. The molecule has 4 aliphatic carbocycles. The number of fused-ring (bicyclic) bond motifs is 5. The van der Waals surface area contributed by atoms with Crippen LogP contribution in [-0.2, 0) is 24.4 Å². The van der Waals surface area contributed by atoms with E-state index in [0.29, 0.717) is 35.8 Å². The van der Waals surface area contributed by atoms with Gasteiger partial charge < -0.3 is 25.0 Å². The number of carbonyl (C=O) groups excluding carboxylic acids is 2. The largest absolute Gasteiger partial charge is 0.504 e. The van der Waals surface area contributed by atoms with Gasteiger partial charge in [-0.15, -0.1) is 0 Å². The van der Waals surface area contributed by atoms with Gasteiger partial charge in [0.2, 0.25) is 5.91 Å². The fraction of sp³-hybridized carbons (Fsp3) is 0.722. The molecule has 2 unspecified atom stereocenters. The lowest BCUT2D eigenvalue weighted by Gasteiger charge is -2.62. The molecule has 11 heteroatoms. The van der Waals surface area contributed by atoms with Crippen molar-refractivity contribution in [3.63, 3.8) is 0 Å². The third kappa shape index (κ3) is 7.67. The summed E-state index contributed by atoms with van der Waals surface area (Å²) in [5.74, 6) is 1.49. The van der Waals surface area contributed by atoms with E-state index >= 15 is 0 Å². The first kappa shape index (κ1) is 35.7. The van der Waals surface area contributed by atoms with E-state index in [9.17, 15) is 28.2 Å². The van der Waals surface area contributed by atoms with Gasteiger partial charge in [-0.2, -0.15) is 8.42 Å². The van der Waals surface area contributed by atoms with Crippen molar-refractivity contribution < 1.29 is 42.2 Å². The molecule has 1 aromatic rings. The quantitative estimate of drug-likeness (QED) is 0.137. The molecule has 4 aliphatic rings. The zero-order chi connectivity index (χ0) is 34.1. The van der Waals surface area contributed by atoms with E-state index < -0.39 is 21.8 Å². The number of carbonyl (C=O) groups is 2. The van der Waals surface area contributed by atoms with E-state index in [1.165, 1.54) is 19.3 Å². The summed E-state index contributed by atoms with van der Waals surface area (Å²) >= 11 is 0. The van der Waals surface area contributed by atoms with Crippen molar-refractivity contribution in [3.8, 4) is 11.5 Å². The van der Waals surface area contributed by atoms with Gasteiger partial charge in [-0.1, -0.05) is 26.8 Å². The van der Waals surface area contributed by atoms with Crippen molar-refractivity contribution in [2.24, 2.45) is 46.3 Å². The molecule has 0 spiro atoms. The topological polar surface area (TPSA) is 159 Å². The van der Waals surface area contributed by atoms with Crippen LogP contribution in [0.2, 0.25) is 0 Å². The van der Waals surface area contributed by atoms with Crippen LogP contribution in [0.4, 0.5) is 0 Å². The number of aliphatic hydroxyl groups is 1. The molecule has 5 rings (SSSR count). The van der Waals surface area contributed by atoms with Crippen molar-refractivity contribution in [1.82, 2.24) is 5.32 Å². The summed E-state index contributed by atoms with van der Waals surface area (Å²) in [4.78, 5) is 25.1. The van der Waals surface area contributed by atoms with Crippen molar-refractivity contribution in [3.05, 3.63) is 29.8 Å². The maximum absolute atomic E-state index is 12.8. The van der Waals surface area contributed by atoms with E-state index in [1.54, 1.807) is 18.2 Å². The zero-order valence-electron chi connectivity index (χ0n) is 28.2. The number of aromatic hydroxyl groups is 1. The van der Waals surface area contributed by atoms with Gasteiger partial charge in [-0.05, 0) is 128 Å². The first-order valence-corrected chi connectivity index (χ1v) is 18.9. The molecule has 262 valence electrons. The minimum absolute atomic E-state index is 0.0378. The number of hydrogen-bond donors (Lipinski definition) is 4. The Labute approximate surface area is 279 Å². The molecular weight excluding hydrogens is 622 g/mol. The van der Waals surface area contributed by atoms with Crippen molar-refractivity contribution in [1.29, 1.82) is 0 Å². The fourth-order valence-electron chi connectivity index (χ4n) is 10.4. The molecular formula is C36H53NO9S. The summed E-state index contributed by atoms with van der Waals surface area (Å²) in [5, 5.41) is 24.2. The number of esters is 1. The molecule has 0 bridgehead atoms. The van der Waals surface area contributed by atoms with Crippen molar-refractivity contribution >= 4 is 28.1 Å². The minimum atomic E-state index is -4.10. The molecule has 4 fully saturated rings. The lowest BCUT2D eigenvalue weighted by atomic mass is 9.43. The van der Waals surface area contributed by atoms with Gasteiger partial charge in [0.25, 0.3) is 10.1 Å². The molecule has 0 aliphatic heterocycles. The van der Waals surface area contributed by atoms with E-state index in [-0.39, 0.29) is 53.1 Å². The van der Waals surface area contributed by atoms with Crippen LogP contribution in [0.25, 0.3) is 6.08 Å². The lowest BCUT2D eigenvalue weighted by molar-refractivity contribution is -0.181. The Kier molecular flexibility index (Phi) is 10.7. The average Bonchev–Trinajstić information content (AvgIpc) is 3.36. The zero-order valence-corrected chi connectivity index (χ0v) is 29.0. The van der Waals surface area contributed by atoms with Crippen LogP contribution in [0.3, 0.4) is 0 Å². The van der Waals surface area contributed by atoms with Gasteiger partial charge in [-0.3, -0.25) is 9.35 Å². The van der Waals surface area contributed by atoms with Gasteiger partial charge in [-0.25, -0.2) is 4.79 Å².